The molecule has 1 aliphatic rings. The van der Waals surface area contributed by atoms with Gasteiger partial charge in [0.15, 0.2) is 0 Å². The van der Waals surface area contributed by atoms with Gasteiger partial charge in [-0.3, -0.25) is 4.79 Å². The van der Waals surface area contributed by atoms with Gasteiger partial charge in [0.1, 0.15) is 6.04 Å². The summed E-state index contributed by atoms with van der Waals surface area (Å²) in [5, 5.41) is 11.7. The van der Waals surface area contributed by atoms with E-state index in [1.807, 2.05) is 34.6 Å². The smallest absolute Gasteiger partial charge is 0.326 e. The number of rotatable bonds is 3. The summed E-state index contributed by atoms with van der Waals surface area (Å²) in [6.45, 7) is 9.46. The fraction of sp³-hybridized carbons (Fsp3) is 0.833. The molecule has 0 heterocycles. The number of carboxylic acids is 1. The van der Waals surface area contributed by atoms with E-state index in [1.165, 1.54) is 0 Å². The summed E-state index contributed by atoms with van der Waals surface area (Å²) in [4.78, 5) is 22.9. The molecule has 92 valence electrons. The highest BCUT2D eigenvalue weighted by Crippen LogP contribution is 2.51. The van der Waals surface area contributed by atoms with Crippen LogP contribution in [0, 0.1) is 16.7 Å². The normalized spacial score (nSPS) is 24.7. The predicted octanol–water partition coefficient (Wildman–Crippen LogP) is 1.65. The number of hydrogen-bond acceptors (Lipinski definition) is 2. The van der Waals surface area contributed by atoms with Crippen LogP contribution < -0.4 is 5.32 Å². The Labute approximate surface area is 96.4 Å². The summed E-state index contributed by atoms with van der Waals surface area (Å²) >= 11 is 0. The quantitative estimate of drug-likeness (QED) is 0.770. The van der Waals surface area contributed by atoms with Crippen LogP contribution in [-0.4, -0.2) is 23.0 Å². The highest BCUT2D eigenvalue weighted by atomic mass is 16.4. The lowest BCUT2D eigenvalue weighted by atomic mass is 9.86. The third-order valence-corrected chi connectivity index (χ3v) is 3.23. The molecule has 1 unspecified atom stereocenters. The van der Waals surface area contributed by atoms with Crippen LogP contribution in [0.4, 0.5) is 0 Å². The molecule has 1 amide bonds. The van der Waals surface area contributed by atoms with Crippen molar-refractivity contribution >= 4 is 11.9 Å². The molecular formula is C12H21NO3. The van der Waals surface area contributed by atoms with Crippen molar-refractivity contribution < 1.29 is 14.7 Å². The predicted molar refractivity (Wildman–Crippen MR) is 60.9 cm³/mol. The maximum atomic E-state index is 11.8. The fourth-order valence-corrected chi connectivity index (χ4v) is 1.81. The van der Waals surface area contributed by atoms with E-state index in [1.54, 1.807) is 0 Å². The molecule has 1 fully saturated rings. The van der Waals surface area contributed by atoms with Crippen molar-refractivity contribution in [1.82, 2.24) is 5.32 Å². The standard InChI is InChI=1S/C12H21NO3/c1-11(2,3)8(10(15)16)13-9(14)7-6-12(7,4)5/h7-8H,6H2,1-5H3,(H,13,14)(H,15,16)/t7?,8-/m0/s1. The van der Waals surface area contributed by atoms with E-state index in [9.17, 15) is 9.59 Å². The SMILES string of the molecule is CC1(C)CC1C(=O)N[C@@H](C(=O)O)C(C)(C)C. The molecule has 0 aromatic carbocycles. The first-order valence-electron chi connectivity index (χ1n) is 5.59. The number of carboxylic acid groups (broad SMARTS) is 1. The van der Waals surface area contributed by atoms with Crippen LogP contribution in [0.25, 0.3) is 0 Å². The maximum Gasteiger partial charge on any atom is 0.326 e. The van der Waals surface area contributed by atoms with Gasteiger partial charge in [0.2, 0.25) is 5.91 Å². The van der Waals surface area contributed by atoms with Crippen LogP contribution in [-0.2, 0) is 9.59 Å². The lowest BCUT2D eigenvalue weighted by Gasteiger charge is -2.28. The van der Waals surface area contributed by atoms with E-state index in [4.69, 9.17) is 5.11 Å². The first-order chi connectivity index (χ1) is 7.05. The van der Waals surface area contributed by atoms with Crippen LogP contribution in [0.3, 0.4) is 0 Å². The number of nitrogens with one attached hydrogen (secondary N) is 1. The Hall–Kier alpha value is -1.06. The third-order valence-electron chi connectivity index (χ3n) is 3.23. The van der Waals surface area contributed by atoms with E-state index < -0.39 is 17.4 Å². The second-order valence-electron chi connectivity index (χ2n) is 6.39. The zero-order valence-electron chi connectivity index (χ0n) is 10.6. The molecule has 2 N–H and O–H groups in total. The number of hydrogen-bond donors (Lipinski definition) is 2. The number of aliphatic carboxylic acids is 1. The summed E-state index contributed by atoms with van der Waals surface area (Å²) in [6, 6.07) is -0.823. The van der Waals surface area contributed by atoms with Crippen molar-refractivity contribution in [3.05, 3.63) is 0 Å². The van der Waals surface area contributed by atoms with Gasteiger partial charge in [0, 0.05) is 5.92 Å². The van der Waals surface area contributed by atoms with Gasteiger partial charge in [-0.25, -0.2) is 4.79 Å². The second-order valence-corrected chi connectivity index (χ2v) is 6.39. The van der Waals surface area contributed by atoms with Gasteiger partial charge in [-0.05, 0) is 17.3 Å². The van der Waals surface area contributed by atoms with Gasteiger partial charge in [-0.15, -0.1) is 0 Å². The van der Waals surface area contributed by atoms with Gasteiger partial charge >= 0.3 is 5.97 Å². The molecule has 4 heteroatoms. The Morgan fingerprint density at radius 2 is 1.81 bits per heavy atom. The maximum absolute atomic E-state index is 11.8. The van der Waals surface area contributed by atoms with Crippen molar-refractivity contribution in [3.63, 3.8) is 0 Å². The molecule has 0 radical (unpaired) electrons. The zero-order valence-corrected chi connectivity index (χ0v) is 10.6. The van der Waals surface area contributed by atoms with Crippen LogP contribution in [0.15, 0.2) is 0 Å². The average molecular weight is 227 g/mol. The Balaban J connectivity index is 2.64. The Morgan fingerprint density at radius 1 is 1.38 bits per heavy atom. The van der Waals surface area contributed by atoms with Crippen LogP contribution >= 0.6 is 0 Å². The molecule has 0 aromatic rings. The van der Waals surface area contributed by atoms with Crippen LogP contribution in [0.2, 0.25) is 0 Å². The summed E-state index contributed by atoms with van der Waals surface area (Å²) in [5.74, 6) is -1.14. The number of carbonyl (C=O) groups excluding carboxylic acids is 1. The minimum atomic E-state index is -0.973. The monoisotopic (exact) mass is 227 g/mol. The van der Waals surface area contributed by atoms with Gasteiger partial charge in [-0.1, -0.05) is 34.6 Å². The van der Waals surface area contributed by atoms with E-state index in [0.717, 1.165) is 6.42 Å². The van der Waals surface area contributed by atoms with E-state index in [2.05, 4.69) is 5.32 Å². The van der Waals surface area contributed by atoms with Gasteiger partial charge in [-0.2, -0.15) is 0 Å². The van der Waals surface area contributed by atoms with Crippen molar-refractivity contribution in [1.29, 1.82) is 0 Å². The summed E-state index contributed by atoms with van der Waals surface area (Å²) in [6.07, 6.45) is 0.843. The summed E-state index contributed by atoms with van der Waals surface area (Å²) in [7, 11) is 0. The molecule has 1 saturated carbocycles. The lowest BCUT2D eigenvalue weighted by molar-refractivity contribution is -0.145. The lowest BCUT2D eigenvalue weighted by Crippen LogP contribution is -2.49. The molecular weight excluding hydrogens is 206 g/mol. The molecule has 0 saturated heterocycles. The van der Waals surface area contributed by atoms with Crippen LogP contribution in [0.1, 0.15) is 41.0 Å². The highest BCUT2D eigenvalue weighted by molar-refractivity contribution is 5.87. The Bertz CT molecular complexity index is 315. The van der Waals surface area contributed by atoms with Crippen molar-refractivity contribution in [3.8, 4) is 0 Å². The highest BCUT2D eigenvalue weighted by Gasteiger charge is 2.51. The van der Waals surface area contributed by atoms with Gasteiger partial charge < -0.3 is 10.4 Å². The largest absolute Gasteiger partial charge is 0.480 e. The minimum absolute atomic E-state index is 0.0308. The molecule has 4 nitrogen and oxygen atoms in total. The topological polar surface area (TPSA) is 66.4 Å². The molecule has 0 bridgehead atoms. The van der Waals surface area contributed by atoms with Crippen molar-refractivity contribution in [2.24, 2.45) is 16.7 Å². The summed E-state index contributed by atoms with van der Waals surface area (Å²) in [5.41, 5.74) is -0.439. The molecule has 2 atom stereocenters. The van der Waals surface area contributed by atoms with E-state index >= 15 is 0 Å². The molecule has 0 aliphatic heterocycles. The fourth-order valence-electron chi connectivity index (χ4n) is 1.81. The van der Waals surface area contributed by atoms with E-state index in [-0.39, 0.29) is 17.2 Å². The minimum Gasteiger partial charge on any atom is -0.480 e. The summed E-state index contributed by atoms with van der Waals surface area (Å²) < 4.78 is 0. The van der Waals surface area contributed by atoms with E-state index in [0.29, 0.717) is 0 Å². The zero-order chi connectivity index (χ0) is 12.7. The van der Waals surface area contributed by atoms with Gasteiger partial charge in [0.05, 0.1) is 0 Å². The average Bonchev–Trinajstić information content (AvgIpc) is 2.67. The van der Waals surface area contributed by atoms with Gasteiger partial charge in [0.25, 0.3) is 0 Å². The molecule has 1 rings (SSSR count). The Morgan fingerprint density at radius 3 is 2.06 bits per heavy atom. The number of amides is 1. The van der Waals surface area contributed by atoms with Crippen LogP contribution in [0.5, 0.6) is 0 Å². The molecule has 0 aromatic heterocycles. The molecule has 16 heavy (non-hydrogen) atoms. The molecule has 1 aliphatic carbocycles. The first-order valence-corrected chi connectivity index (χ1v) is 5.59. The first kappa shape index (κ1) is 13.0. The third kappa shape index (κ3) is 2.74. The van der Waals surface area contributed by atoms with Crippen molar-refractivity contribution in [2.75, 3.05) is 0 Å². The number of carbonyl (C=O) groups is 2. The molecule has 0 spiro atoms. The van der Waals surface area contributed by atoms with Crippen molar-refractivity contribution in [2.45, 2.75) is 47.1 Å². The Kier molecular flexibility index (Phi) is 3.05. The second kappa shape index (κ2) is 3.75.